The molecule has 5 nitrogen and oxygen atoms in total. The Bertz CT molecular complexity index is 975. The number of fused-ring (bicyclic) bond motifs is 1. The van der Waals surface area contributed by atoms with E-state index in [9.17, 15) is 4.79 Å². The summed E-state index contributed by atoms with van der Waals surface area (Å²) in [4.78, 5) is 22.9. The third-order valence-electron chi connectivity index (χ3n) is 5.17. The van der Waals surface area contributed by atoms with Gasteiger partial charge in [0, 0.05) is 37.5 Å². The molecule has 29 heavy (non-hydrogen) atoms. The quantitative estimate of drug-likeness (QED) is 0.610. The highest BCUT2D eigenvalue weighted by Gasteiger charge is 2.28. The number of aromatic nitrogens is 2. The lowest BCUT2D eigenvalue weighted by atomic mass is 10.0. The van der Waals surface area contributed by atoms with Gasteiger partial charge in [0.15, 0.2) is 0 Å². The number of para-hydroxylation sites is 1. The van der Waals surface area contributed by atoms with Crippen molar-refractivity contribution in [3.63, 3.8) is 0 Å². The van der Waals surface area contributed by atoms with Crippen LogP contribution in [0.1, 0.15) is 29.4 Å². The van der Waals surface area contributed by atoms with E-state index in [-0.39, 0.29) is 36.8 Å². The molecule has 1 aliphatic rings. The van der Waals surface area contributed by atoms with E-state index in [4.69, 9.17) is 11.6 Å². The van der Waals surface area contributed by atoms with Gasteiger partial charge in [-0.2, -0.15) is 0 Å². The predicted octanol–water partition coefficient (Wildman–Crippen LogP) is 4.47. The molecule has 2 N–H and O–H groups in total. The summed E-state index contributed by atoms with van der Waals surface area (Å²) >= 11 is 6.38. The number of halogens is 3. The minimum Gasteiger partial charge on any atom is -0.342 e. The number of aryl methyl sites for hydroxylation is 2. The van der Waals surface area contributed by atoms with Gasteiger partial charge in [-0.05, 0) is 30.2 Å². The van der Waals surface area contributed by atoms with Crippen molar-refractivity contribution in [2.24, 2.45) is 0 Å². The molecule has 1 amide bonds. The number of hydrogen-bond donors (Lipinski definition) is 2. The van der Waals surface area contributed by atoms with E-state index < -0.39 is 0 Å². The summed E-state index contributed by atoms with van der Waals surface area (Å²) in [7, 11) is 0. The van der Waals surface area contributed by atoms with Crippen molar-refractivity contribution >= 4 is 53.4 Å². The molecule has 1 aromatic heterocycles. The first-order valence-corrected chi connectivity index (χ1v) is 9.70. The second-order valence-electron chi connectivity index (χ2n) is 6.98. The van der Waals surface area contributed by atoms with Crippen LogP contribution in [-0.2, 0) is 11.2 Å². The maximum Gasteiger partial charge on any atom is 0.223 e. The summed E-state index contributed by atoms with van der Waals surface area (Å²) in [6.45, 7) is 4.26. The highest BCUT2D eigenvalue weighted by Crippen LogP contribution is 2.29. The van der Waals surface area contributed by atoms with Gasteiger partial charge in [-0.15, -0.1) is 24.8 Å². The Labute approximate surface area is 188 Å². The van der Waals surface area contributed by atoms with Crippen LogP contribution in [0.2, 0.25) is 5.02 Å². The van der Waals surface area contributed by atoms with Crippen LogP contribution in [0.15, 0.2) is 42.5 Å². The molecule has 8 heteroatoms. The molecule has 2 aromatic carbocycles. The van der Waals surface area contributed by atoms with Gasteiger partial charge < -0.3 is 15.2 Å². The van der Waals surface area contributed by atoms with E-state index in [1.807, 2.05) is 54.3 Å². The summed E-state index contributed by atoms with van der Waals surface area (Å²) in [5, 5.41) is 4.08. The Balaban J connectivity index is 0.00000150. The number of nitrogens with one attached hydrogen (secondary N) is 2. The number of piperazine rings is 1. The molecule has 156 valence electrons. The highest BCUT2D eigenvalue weighted by atomic mass is 35.5. The highest BCUT2D eigenvalue weighted by molar-refractivity contribution is 6.31. The van der Waals surface area contributed by atoms with Crippen LogP contribution in [0.4, 0.5) is 0 Å². The van der Waals surface area contributed by atoms with Gasteiger partial charge in [-0.1, -0.05) is 41.9 Å². The SMILES string of the molecule is Cc1cccc2[nH]c(CCC(=O)N3CCNCC3c3ccccc3Cl)nc12.Cl.Cl. The summed E-state index contributed by atoms with van der Waals surface area (Å²) < 4.78 is 0. The zero-order valence-electron chi connectivity index (χ0n) is 16.2. The molecule has 2 heterocycles. The molecule has 1 saturated heterocycles. The van der Waals surface area contributed by atoms with Gasteiger partial charge in [0.05, 0.1) is 17.1 Å². The van der Waals surface area contributed by atoms with Gasteiger partial charge >= 0.3 is 0 Å². The molecule has 3 aromatic rings. The van der Waals surface area contributed by atoms with Crippen LogP contribution in [0, 0.1) is 6.92 Å². The van der Waals surface area contributed by atoms with Gasteiger partial charge in [-0.25, -0.2) is 4.98 Å². The number of imidazole rings is 1. The van der Waals surface area contributed by atoms with E-state index >= 15 is 0 Å². The second-order valence-corrected chi connectivity index (χ2v) is 7.39. The number of H-pyrrole nitrogens is 1. The number of amides is 1. The predicted molar refractivity (Wildman–Crippen MR) is 122 cm³/mol. The topological polar surface area (TPSA) is 61.0 Å². The number of benzene rings is 2. The van der Waals surface area contributed by atoms with Crippen molar-refractivity contribution in [1.82, 2.24) is 20.2 Å². The fourth-order valence-electron chi connectivity index (χ4n) is 3.74. The number of aromatic amines is 1. The van der Waals surface area contributed by atoms with Crippen LogP contribution in [0.5, 0.6) is 0 Å². The van der Waals surface area contributed by atoms with Crippen molar-refractivity contribution < 1.29 is 4.79 Å². The van der Waals surface area contributed by atoms with E-state index in [2.05, 4.69) is 15.3 Å². The maximum atomic E-state index is 13.0. The Morgan fingerprint density at radius 1 is 1.21 bits per heavy atom. The third-order valence-corrected chi connectivity index (χ3v) is 5.51. The largest absolute Gasteiger partial charge is 0.342 e. The fraction of sp³-hybridized carbons (Fsp3) is 0.333. The monoisotopic (exact) mass is 454 g/mol. The second kappa shape index (κ2) is 10.3. The molecule has 1 aliphatic heterocycles. The number of hydrogen-bond acceptors (Lipinski definition) is 3. The Kier molecular flexibility index (Phi) is 8.34. The van der Waals surface area contributed by atoms with Gasteiger partial charge in [0.1, 0.15) is 5.82 Å². The first kappa shape index (κ1) is 23.5. The molecular formula is C21H25Cl3N4O. The first-order valence-electron chi connectivity index (χ1n) is 9.32. The van der Waals surface area contributed by atoms with Crippen molar-refractivity contribution in [2.75, 3.05) is 19.6 Å². The molecular weight excluding hydrogens is 431 g/mol. The van der Waals surface area contributed by atoms with E-state index in [1.54, 1.807) is 0 Å². The van der Waals surface area contributed by atoms with Gasteiger partial charge in [0.25, 0.3) is 0 Å². The van der Waals surface area contributed by atoms with Crippen molar-refractivity contribution in [1.29, 1.82) is 0 Å². The minimum absolute atomic E-state index is 0. The summed E-state index contributed by atoms with van der Waals surface area (Å²) in [6, 6.07) is 13.8. The van der Waals surface area contributed by atoms with Gasteiger partial charge in [-0.3, -0.25) is 4.79 Å². The average Bonchev–Trinajstić information content (AvgIpc) is 3.11. The van der Waals surface area contributed by atoms with Crippen LogP contribution in [-0.4, -0.2) is 40.4 Å². The normalized spacial score (nSPS) is 16.2. The molecule has 1 fully saturated rings. The molecule has 0 radical (unpaired) electrons. The minimum atomic E-state index is -0.0298. The average molecular weight is 456 g/mol. The third kappa shape index (κ3) is 5.04. The maximum absolute atomic E-state index is 13.0. The molecule has 0 bridgehead atoms. The fourth-order valence-corrected chi connectivity index (χ4v) is 4.00. The van der Waals surface area contributed by atoms with Crippen molar-refractivity contribution in [2.45, 2.75) is 25.8 Å². The molecule has 0 saturated carbocycles. The molecule has 0 aliphatic carbocycles. The van der Waals surface area contributed by atoms with Crippen LogP contribution in [0.3, 0.4) is 0 Å². The smallest absolute Gasteiger partial charge is 0.223 e. The first-order chi connectivity index (χ1) is 13.1. The summed E-state index contributed by atoms with van der Waals surface area (Å²) in [6.07, 6.45) is 1.03. The van der Waals surface area contributed by atoms with Crippen molar-refractivity contribution in [3.05, 3.63) is 64.4 Å². The Hall–Kier alpha value is -1.79. The molecule has 0 spiro atoms. The van der Waals surface area contributed by atoms with Crippen LogP contribution >= 0.6 is 36.4 Å². The number of nitrogens with zero attached hydrogens (tertiary/aromatic N) is 2. The van der Waals surface area contributed by atoms with E-state index in [1.165, 1.54) is 0 Å². The van der Waals surface area contributed by atoms with E-state index in [0.717, 1.165) is 41.1 Å². The standard InChI is InChI=1S/C21H23ClN4O.2ClH/c1-14-5-4-8-17-21(14)25-19(24-17)9-10-20(27)26-12-11-23-13-18(26)15-6-2-3-7-16(15)22;;/h2-8,18,23H,9-13H2,1H3,(H,24,25);2*1H. The van der Waals surface area contributed by atoms with Crippen molar-refractivity contribution in [3.8, 4) is 0 Å². The lowest BCUT2D eigenvalue weighted by Crippen LogP contribution is -2.48. The number of rotatable bonds is 4. The van der Waals surface area contributed by atoms with Crippen LogP contribution in [0.25, 0.3) is 11.0 Å². The van der Waals surface area contributed by atoms with Crippen LogP contribution < -0.4 is 5.32 Å². The number of carbonyl (C=O) groups excluding carboxylic acids is 1. The Morgan fingerprint density at radius 3 is 2.76 bits per heavy atom. The zero-order chi connectivity index (χ0) is 18.8. The number of carbonyl (C=O) groups is 1. The lowest BCUT2D eigenvalue weighted by molar-refractivity contribution is -0.134. The molecule has 4 rings (SSSR count). The summed E-state index contributed by atoms with van der Waals surface area (Å²) in [5.74, 6) is 0.996. The van der Waals surface area contributed by atoms with E-state index in [0.29, 0.717) is 24.4 Å². The Morgan fingerprint density at radius 2 is 2.00 bits per heavy atom. The molecule has 1 unspecified atom stereocenters. The van der Waals surface area contributed by atoms with Gasteiger partial charge in [0.2, 0.25) is 5.91 Å². The zero-order valence-corrected chi connectivity index (χ0v) is 18.5. The molecule has 1 atom stereocenters. The lowest BCUT2D eigenvalue weighted by Gasteiger charge is -2.37. The summed E-state index contributed by atoms with van der Waals surface area (Å²) in [5.41, 5.74) is 4.14.